The quantitative estimate of drug-likeness (QED) is 0.302. The molecule has 4 rings (SSSR count). The number of nitrogens with one attached hydrogen (secondary N) is 2. The standard InChI is InChI=1S/C27H26N4O3S/c1-17-10-8-13-21(19(17)3)29-24(32)15-28-25(33)16-35-27-30-22-12-6-5-11-20(22)26(34)31(27)23-14-7-4-9-18(23)2/h4-14H,15-16H2,1-3H3,(H,28,33)(H,29,32). The number of hydrogen-bond acceptors (Lipinski definition) is 5. The number of carbonyl (C=O) groups excluding carboxylic acids is 2. The number of hydrogen-bond donors (Lipinski definition) is 2. The van der Waals surface area contributed by atoms with E-state index in [-0.39, 0.29) is 29.7 Å². The van der Waals surface area contributed by atoms with E-state index < -0.39 is 0 Å². The smallest absolute Gasteiger partial charge is 0.266 e. The van der Waals surface area contributed by atoms with Crippen LogP contribution in [0, 0.1) is 20.8 Å². The van der Waals surface area contributed by atoms with Crippen LogP contribution in [0.3, 0.4) is 0 Å². The number of aryl methyl sites for hydroxylation is 2. The van der Waals surface area contributed by atoms with Gasteiger partial charge in [-0.15, -0.1) is 0 Å². The molecule has 0 unspecified atom stereocenters. The first-order valence-electron chi connectivity index (χ1n) is 11.2. The average molecular weight is 487 g/mol. The van der Waals surface area contributed by atoms with Crippen molar-refractivity contribution in [2.45, 2.75) is 25.9 Å². The molecule has 0 radical (unpaired) electrons. The molecule has 0 fully saturated rings. The number of anilines is 1. The Morgan fingerprint density at radius 2 is 1.60 bits per heavy atom. The van der Waals surface area contributed by atoms with Crippen molar-refractivity contribution in [1.82, 2.24) is 14.9 Å². The van der Waals surface area contributed by atoms with Crippen LogP contribution in [-0.4, -0.2) is 33.7 Å². The zero-order valence-corrected chi connectivity index (χ0v) is 20.6. The lowest BCUT2D eigenvalue weighted by Crippen LogP contribution is -2.34. The maximum absolute atomic E-state index is 13.3. The normalized spacial score (nSPS) is 10.8. The molecule has 2 N–H and O–H groups in total. The Balaban J connectivity index is 1.49. The second kappa shape index (κ2) is 10.6. The van der Waals surface area contributed by atoms with Gasteiger partial charge in [0.05, 0.1) is 28.9 Å². The first-order chi connectivity index (χ1) is 16.8. The van der Waals surface area contributed by atoms with Gasteiger partial charge in [-0.3, -0.25) is 19.0 Å². The van der Waals surface area contributed by atoms with E-state index >= 15 is 0 Å². The Labute approximate surface area is 207 Å². The Kier molecular flexibility index (Phi) is 7.31. The number of thioether (sulfide) groups is 1. The van der Waals surface area contributed by atoms with Crippen LogP contribution < -0.4 is 16.2 Å². The van der Waals surface area contributed by atoms with Gasteiger partial charge in [-0.25, -0.2) is 4.98 Å². The molecule has 0 aliphatic carbocycles. The first-order valence-corrected chi connectivity index (χ1v) is 12.2. The number of benzene rings is 3. The SMILES string of the molecule is Cc1ccccc1-n1c(SCC(=O)NCC(=O)Nc2cccc(C)c2C)nc2ccccc2c1=O. The van der Waals surface area contributed by atoms with Crippen molar-refractivity contribution in [3.63, 3.8) is 0 Å². The summed E-state index contributed by atoms with van der Waals surface area (Å²) in [6.45, 7) is 5.68. The van der Waals surface area contributed by atoms with Crippen LogP contribution in [0.25, 0.3) is 16.6 Å². The van der Waals surface area contributed by atoms with E-state index in [1.54, 1.807) is 22.8 Å². The average Bonchev–Trinajstić information content (AvgIpc) is 2.85. The lowest BCUT2D eigenvalue weighted by molar-refractivity contribution is -0.122. The van der Waals surface area contributed by atoms with E-state index in [0.717, 1.165) is 34.1 Å². The minimum Gasteiger partial charge on any atom is -0.346 e. The third kappa shape index (κ3) is 5.44. The fourth-order valence-corrected chi connectivity index (χ4v) is 4.51. The molecule has 0 spiro atoms. The van der Waals surface area contributed by atoms with Gasteiger partial charge in [0, 0.05) is 5.69 Å². The Morgan fingerprint density at radius 3 is 2.40 bits per heavy atom. The molecular weight excluding hydrogens is 460 g/mol. The van der Waals surface area contributed by atoms with Crippen LogP contribution in [-0.2, 0) is 9.59 Å². The van der Waals surface area contributed by atoms with Gasteiger partial charge in [-0.1, -0.05) is 54.2 Å². The van der Waals surface area contributed by atoms with Crippen molar-refractivity contribution >= 4 is 40.2 Å². The lowest BCUT2D eigenvalue weighted by Gasteiger charge is -2.15. The Bertz CT molecular complexity index is 1480. The summed E-state index contributed by atoms with van der Waals surface area (Å²) in [5, 5.41) is 6.39. The van der Waals surface area contributed by atoms with Crippen molar-refractivity contribution in [3.05, 3.63) is 93.8 Å². The molecule has 0 bridgehead atoms. The zero-order chi connectivity index (χ0) is 24.9. The molecule has 35 heavy (non-hydrogen) atoms. The van der Waals surface area contributed by atoms with E-state index in [0.29, 0.717) is 21.7 Å². The molecule has 7 nitrogen and oxygen atoms in total. The molecule has 0 aliphatic heterocycles. The number of nitrogens with zero attached hydrogens (tertiary/aromatic N) is 2. The summed E-state index contributed by atoms with van der Waals surface area (Å²) in [6, 6.07) is 20.4. The van der Waals surface area contributed by atoms with Crippen LogP contribution in [0.5, 0.6) is 0 Å². The summed E-state index contributed by atoms with van der Waals surface area (Å²) < 4.78 is 1.54. The van der Waals surface area contributed by atoms with Crippen LogP contribution in [0.1, 0.15) is 16.7 Å². The minimum atomic E-state index is -0.329. The third-order valence-corrected chi connectivity index (χ3v) is 6.70. The molecule has 8 heteroatoms. The second-order valence-electron chi connectivity index (χ2n) is 8.20. The maximum atomic E-state index is 13.3. The molecule has 1 aromatic heterocycles. The second-order valence-corrected chi connectivity index (χ2v) is 9.14. The van der Waals surface area contributed by atoms with Crippen LogP contribution in [0.2, 0.25) is 0 Å². The number of carbonyl (C=O) groups is 2. The van der Waals surface area contributed by atoms with Crippen molar-refractivity contribution in [1.29, 1.82) is 0 Å². The van der Waals surface area contributed by atoms with Crippen molar-refractivity contribution in [2.75, 3.05) is 17.6 Å². The monoisotopic (exact) mass is 486 g/mol. The highest BCUT2D eigenvalue weighted by atomic mass is 32.2. The number of para-hydroxylation sites is 2. The highest BCUT2D eigenvalue weighted by Gasteiger charge is 2.16. The highest BCUT2D eigenvalue weighted by molar-refractivity contribution is 7.99. The van der Waals surface area contributed by atoms with E-state index in [1.165, 1.54) is 0 Å². The molecular formula is C27H26N4O3S. The molecule has 2 amide bonds. The van der Waals surface area contributed by atoms with E-state index in [9.17, 15) is 14.4 Å². The third-order valence-electron chi connectivity index (χ3n) is 5.76. The van der Waals surface area contributed by atoms with Crippen molar-refractivity contribution in [2.24, 2.45) is 0 Å². The van der Waals surface area contributed by atoms with Crippen LogP contribution >= 0.6 is 11.8 Å². The van der Waals surface area contributed by atoms with Gasteiger partial charge in [0.1, 0.15) is 0 Å². The summed E-state index contributed by atoms with van der Waals surface area (Å²) >= 11 is 1.16. The van der Waals surface area contributed by atoms with Crippen molar-refractivity contribution < 1.29 is 9.59 Å². The van der Waals surface area contributed by atoms with E-state index in [4.69, 9.17) is 0 Å². The summed E-state index contributed by atoms with van der Waals surface area (Å²) in [4.78, 5) is 42.9. The van der Waals surface area contributed by atoms with Gasteiger partial charge in [-0.2, -0.15) is 0 Å². The number of aromatic nitrogens is 2. The van der Waals surface area contributed by atoms with Gasteiger partial charge in [-0.05, 0) is 61.7 Å². The Morgan fingerprint density at radius 1 is 0.886 bits per heavy atom. The number of rotatable bonds is 7. The fourth-order valence-electron chi connectivity index (χ4n) is 3.68. The molecule has 3 aromatic carbocycles. The number of amides is 2. The van der Waals surface area contributed by atoms with E-state index in [2.05, 4.69) is 15.6 Å². The van der Waals surface area contributed by atoms with Gasteiger partial charge < -0.3 is 10.6 Å². The van der Waals surface area contributed by atoms with Crippen LogP contribution in [0.15, 0.2) is 76.7 Å². The first kappa shape index (κ1) is 24.2. The predicted octanol–water partition coefficient (Wildman–Crippen LogP) is 4.16. The summed E-state index contributed by atoms with van der Waals surface area (Å²) in [7, 11) is 0. The number of fused-ring (bicyclic) bond motifs is 1. The summed E-state index contributed by atoms with van der Waals surface area (Å²) in [6.07, 6.45) is 0. The molecule has 0 saturated carbocycles. The van der Waals surface area contributed by atoms with E-state index in [1.807, 2.05) is 69.3 Å². The topological polar surface area (TPSA) is 93.1 Å². The highest BCUT2D eigenvalue weighted by Crippen LogP contribution is 2.23. The predicted molar refractivity (Wildman–Crippen MR) is 140 cm³/mol. The van der Waals surface area contributed by atoms with Crippen molar-refractivity contribution in [3.8, 4) is 5.69 Å². The molecule has 1 heterocycles. The fraction of sp³-hybridized carbons (Fsp3) is 0.185. The summed E-state index contributed by atoms with van der Waals surface area (Å²) in [5.74, 6) is -0.629. The van der Waals surface area contributed by atoms with Gasteiger partial charge >= 0.3 is 0 Å². The van der Waals surface area contributed by atoms with Gasteiger partial charge in [0.2, 0.25) is 11.8 Å². The molecule has 178 valence electrons. The molecule has 4 aromatic rings. The van der Waals surface area contributed by atoms with Crippen LogP contribution in [0.4, 0.5) is 5.69 Å². The summed E-state index contributed by atoms with van der Waals surface area (Å²) in [5.41, 5.74) is 4.79. The van der Waals surface area contributed by atoms with Gasteiger partial charge in [0.15, 0.2) is 5.16 Å². The minimum absolute atomic E-state index is 0.00736. The maximum Gasteiger partial charge on any atom is 0.266 e. The Hall–Kier alpha value is -3.91. The molecule has 0 saturated heterocycles. The molecule has 0 atom stereocenters. The zero-order valence-electron chi connectivity index (χ0n) is 19.8. The lowest BCUT2D eigenvalue weighted by atomic mass is 10.1. The van der Waals surface area contributed by atoms with Gasteiger partial charge in [0.25, 0.3) is 5.56 Å². The largest absolute Gasteiger partial charge is 0.346 e. The molecule has 0 aliphatic rings.